The highest BCUT2D eigenvalue weighted by atomic mass is 16.5. The Balaban J connectivity index is 2.19. The molecule has 0 aliphatic carbocycles. The highest BCUT2D eigenvalue weighted by molar-refractivity contribution is 5.87. The minimum absolute atomic E-state index is 0.159. The normalized spacial score (nSPS) is 10.7. The van der Waals surface area contributed by atoms with Crippen LogP contribution in [-0.4, -0.2) is 33.3 Å². The number of rotatable bonds is 4. The lowest BCUT2D eigenvalue weighted by molar-refractivity contribution is 0.392. The molecule has 0 unspecified atom stereocenters. The summed E-state index contributed by atoms with van der Waals surface area (Å²) in [5.74, 6) is 1.80. The van der Waals surface area contributed by atoms with Crippen molar-refractivity contribution in [3.63, 3.8) is 0 Å². The number of fused-ring (bicyclic) bond motifs is 1. The summed E-state index contributed by atoms with van der Waals surface area (Å²) in [6.45, 7) is 0. The average molecular weight is 326 g/mol. The zero-order valence-corrected chi connectivity index (χ0v) is 14.0. The van der Waals surface area contributed by atoms with Crippen LogP contribution in [0.5, 0.6) is 11.5 Å². The van der Waals surface area contributed by atoms with Gasteiger partial charge in [-0.05, 0) is 18.2 Å². The molecular formula is C18H18N2O4. The van der Waals surface area contributed by atoms with E-state index >= 15 is 0 Å². The number of anilines is 1. The summed E-state index contributed by atoms with van der Waals surface area (Å²) < 4.78 is 16.2. The molecule has 6 nitrogen and oxygen atoms in total. The van der Waals surface area contributed by atoms with Crippen molar-refractivity contribution in [1.29, 1.82) is 0 Å². The summed E-state index contributed by atoms with van der Waals surface area (Å²) in [6.07, 6.45) is 3.09. The third kappa shape index (κ3) is 2.67. The van der Waals surface area contributed by atoms with Crippen LogP contribution in [0.2, 0.25) is 0 Å². The minimum Gasteiger partial charge on any atom is -0.497 e. The highest BCUT2D eigenvalue weighted by Gasteiger charge is 2.15. The SMILES string of the molecule is COc1cc(OC)c2occ(-c3ccc(N(C)C)nc3)c(=O)c2c1. The lowest BCUT2D eigenvalue weighted by Crippen LogP contribution is -2.10. The Hall–Kier alpha value is -3.02. The number of aromatic nitrogens is 1. The molecule has 0 fully saturated rings. The molecule has 0 saturated heterocycles. The molecule has 0 saturated carbocycles. The number of benzene rings is 1. The van der Waals surface area contributed by atoms with Crippen LogP contribution < -0.4 is 19.8 Å². The molecule has 6 heteroatoms. The average Bonchev–Trinajstić information content (AvgIpc) is 2.61. The van der Waals surface area contributed by atoms with Gasteiger partial charge in [-0.3, -0.25) is 4.79 Å². The zero-order valence-electron chi connectivity index (χ0n) is 14.0. The zero-order chi connectivity index (χ0) is 17.3. The fraction of sp³-hybridized carbons (Fsp3) is 0.222. The van der Waals surface area contributed by atoms with Gasteiger partial charge in [0.05, 0.1) is 25.2 Å². The van der Waals surface area contributed by atoms with Crippen LogP contribution in [0.4, 0.5) is 5.82 Å². The molecule has 0 aliphatic heterocycles. The van der Waals surface area contributed by atoms with Gasteiger partial charge in [-0.1, -0.05) is 0 Å². The van der Waals surface area contributed by atoms with Crippen LogP contribution in [0.3, 0.4) is 0 Å². The third-order valence-corrected chi connectivity index (χ3v) is 3.78. The number of hydrogen-bond acceptors (Lipinski definition) is 6. The largest absolute Gasteiger partial charge is 0.497 e. The van der Waals surface area contributed by atoms with E-state index in [0.717, 1.165) is 5.82 Å². The number of nitrogens with zero attached hydrogens (tertiary/aromatic N) is 2. The number of pyridine rings is 1. The van der Waals surface area contributed by atoms with E-state index in [1.54, 1.807) is 18.3 Å². The first-order chi connectivity index (χ1) is 11.5. The van der Waals surface area contributed by atoms with Crippen LogP contribution in [0, 0.1) is 0 Å². The van der Waals surface area contributed by atoms with E-state index in [2.05, 4.69) is 4.98 Å². The first-order valence-electron chi connectivity index (χ1n) is 7.36. The molecule has 1 aromatic carbocycles. The first-order valence-corrected chi connectivity index (χ1v) is 7.36. The Kier molecular flexibility index (Phi) is 4.12. The predicted molar refractivity (Wildman–Crippen MR) is 93.1 cm³/mol. The topological polar surface area (TPSA) is 64.8 Å². The second-order valence-electron chi connectivity index (χ2n) is 5.48. The van der Waals surface area contributed by atoms with E-state index in [4.69, 9.17) is 13.9 Å². The second kappa shape index (κ2) is 6.23. The summed E-state index contributed by atoms with van der Waals surface area (Å²) in [5, 5.41) is 0.403. The summed E-state index contributed by atoms with van der Waals surface area (Å²) in [6, 6.07) is 7.02. The highest BCUT2D eigenvalue weighted by Crippen LogP contribution is 2.31. The summed E-state index contributed by atoms with van der Waals surface area (Å²) in [5.41, 5.74) is 1.37. The van der Waals surface area contributed by atoms with Crippen molar-refractivity contribution in [3.8, 4) is 22.6 Å². The lowest BCUT2D eigenvalue weighted by Gasteiger charge is -2.11. The Morgan fingerprint density at radius 2 is 1.92 bits per heavy atom. The van der Waals surface area contributed by atoms with Crippen LogP contribution >= 0.6 is 0 Å². The van der Waals surface area contributed by atoms with Crippen LogP contribution in [0.15, 0.2) is 45.9 Å². The summed E-state index contributed by atoms with van der Waals surface area (Å²) >= 11 is 0. The van der Waals surface area contributed by atoms with E-state index < -0.39 is 0 Å². The van der Waals surface area contributed by atoms with Gasteiger partial charge in [0, 0.05) is 31.9 Å². The first kappa shape index (κ1) is 15.9. The Morgan fingerprint density at radius 1 is 1.12 bits per heavy atom. The van der Waals surface area contributed by atoms with E-state index in [0.29, 0.717) is 33.6 Å². The predicted octanol–water partition coefficient (Wildman–Crippen LogP) is 2.94. The fourth-order valence-electron chi connectivity index (χ4n) is 2.46. The molecule has 0 radical (unpaired) electrons. The molecule has 0 spiro atoms. The molecule has 124 valence electrons. The number of methoxy groups -OCH3 is 2. The van der Waals surface area contributed by atoms with Gasteiger partial charge in [0.25, 0.3) is 0 Å². The quantitative estimate of drug-likeness (QED) is 0.734. The van der Waals surface area contributed by atoms with Gasteiger partial charge in [0.15, 0.2) is 11.3 Å². The van der Waals surface area contributed by atoms with Gasteiger partial charge >= 0.3 is 0 Å². The molecular weight excluding hydrogens is 308 g/mol. The summed E-state index contributed by atoms with van der Waals surface area (Å²) in [7, 11) is 6.87. The van der Waals surface area contributed by atoms with Gasteiger partial charge in [-0.2, -0.15) is 0 Å². The molecule has 0 atom stereocenters. The van der Waals surface area contributed by atoms with E-state index in [1.165, 1.54) is 20.5 Å². The number of ether oxygens (including phenoxy) is 2. The van der Waals surface area contributed by atoms with Crippen molar-refractivity contribution in [3.05, 3.63) is 46.9 Å². The second-order valence-corrected chi connectivity index (χ2v) is 5.48. The summed E-state index contributed by atoms with van der Waals surface area (Å²) in [4.78, 5) is 19.1. The van der Waals surface area contributed by atoms with Crippen LogP contribution in [0.25, 0.3) is 22.1 Å². The van der Waals surface area contributed by atoms with Crippen molar-refractivity contribution in [2.75, 3.05) is 33.2 Å². The monoisotopic (exact) mass is 326 g/mol. The van der Waals surface area contributed by atoms with Gasteiger partial charge in [0.1, 0.15) is 17.8 Å². The number of hydrogen-bond donors (Lipinski definition) is 0. The molecule has 0 amide bonds. The molecule has 2 aromatic heterocycles. The van der Waals surface area contributed by atoms with Crippen molar-refractivity contribution in [1.82, 2.24) is 4.98 Å². The van der Waals surface area contributed by atoms with E-state index in [1.807, 2.05) is 31.1 Å². The maximum absolute atomic E-state index is 12.9. The van der Waals surface area contributed by atoms with Crippen LogP contribution in [0.1, 0.15) is 0 Å². The maximum Gasteiger partial charge on any atom is 0.200 e. The fourth-order valence-corrected chi connectivity index (χ4v) is 2.46. The standard InChI is InChI=1S/C18H18N2O4/c1-20(2)16-6-5-11(9-19-16)14-10-24-18-13(17(14)21)7-12(22-3)8-15(18)23-4/h5-10H,1-4H3. The maximum atomic E-state index is 12.9. The van der Waals surface area contributed by atoms with Gasteiger partial charge < -0.3 is 18.8 Å². The molecule has 24 heavy (non-hydrogen) atoms. The van der Waals surface area contributed by atoms with Crippen molar-refractivity contribution in [2.24, 2.45) is 0 Å². The van der Waals surface area contributed by atoms with Crippen LogP contribution in [-0.2, 0) is 0 Å². The third-order valence-electron chi connectivity index (χ3n) is 3.78. The smallest absolute Gasteiger partial charge is 0.200 e. The van der Waals surface area contributed by atoms with E-state index in [-0.39, 0.29) is 5.43 Å². The Bertz CT molecular complexity index is 930. The molecule has 0 N–H and O–H groups in total. The van der Waals surface area contributed by atoms with Crippen molar-refractivity contribution >= 4 is 16.8 Å². The molecule has 2 heterocycles. The molecule has 3 rings (SSSR count). The Morgan fingerprint density at radius 3 is 2.50 bits per heavy atom. The minimum atomic E-state index is -0.159. The van der Waals surface area contributed by atoms with Crippen molar-refractivity contribution < 1.29 is 13.9 Å². The van der Waals surface area contributed by atoms with Gasteiger partial charge in [0.2, 0.25) is 5.43 Å². The van der Waals surface area contributed by atoms with Gasteiger partial charge in [-0.15, -0.1) is 0 Å². The van der Waals surface area contributed by atoms with E-state index in [9.17, 15) is 4.79 Å². The molecule has 0 bridgehead atoms. The molecule has 0 aliphatic rings. The van der Waals surface area contributed by atoms with Gasteiger partial charge in [-0.25, -0.2) is 4.98 Å². The molecule has 3 aromatic rings. The van der Waals surface area contributed by atoms with Crippen molar-refractivity contribution in [2.45, 2.75) is 0 Å². The Labute approximate surface area is 139 Å². The lowest BCUT2D eigenvalue weighted by atomic mass is 10.1.